The van der Waals surface area contributed by atoms with Crippen LogP contribution in [0.25, 0.3) is 5.65 Å². The number of nitro groups is 1. The molecule has 0 spiro atoms. The van der Waals surface area contributed by atoms with Crippen molar-refractivity contribution >= 4 is 34.7 Å². The zero-order chi connectivity index (χ0) is 11.9. The summed E-state index contributed by atoms with van der Waals surface area (Å²) in [5.41, 5.74) is 1.49. The molecule has 16 heavy (non-hydrogen) atoms. The first-order chi connectivity index (χ1) is 7.50. The monoisotopic (exact) mass is 259 g/mol. The van der Waals surface area contributed by atoms with Gasteiger partial charge in [-0.15, -0.1) is 0 Å². The van der Waals surface area contributed by atoms with Gasteiger partial charge >= 0.3 is 5.82 Å². The molecular weight excluding hydrogens is 253 g/mol. The second-order valence-electron chi connectivity index (χ2n) is 3.31. The fourth-order valence-electron chi connectivity index (χ4n) is 1.48. The summed E-state index contributed by atoms with van der Waals surface area (Å²) in [7, 11) is 0. The third kappa shape index (κ3) is 1.72. The van der Waals surface area contributed by atoms with Crippen LogP contribution in [0.4, 0.5) is 5.82 Å². The van der Waals surface area contributed by atoms with Crippen LogP contribution in [0.15, 0.2) is 18.3 Å². The number of aromatic nitrogens is 2. The molecular formula is C9H7Cl2N3O2. The Morgan fingerprint density at radius 2 is 2.25 bits per heavy atom. The average molecular weight is 260 g/mol. The molecule has 2 rings (SSSR count). The van der Waals surface area contributed by atoms with Crippen LogP contribution in [0.3, 0.4) is 0 Å². The maximum atomic E-state index is 10.9. The molecule has 0 unspecified atom stereocenters. The molecule has 0 aliphatic heterocycles. The van der Waals surface area contributed by atoms with Gasteiger partial charge in [0.25, 0.3) is 0 Å². The molecule has 0 N–H and O–H groups in total. The van der Waals surface area contributed by atoms with Crippen LogP contribution in [0.1, 0.15) is 16.1 Å². The van der Waals surface area contributed by atoms with Gasteiger partial charge in [0, 0.05) is 6.07 Å². The van der Waals surface area contributed by atoms with Crippen LogP contribution in [0, 0.1) is 17.0 Å². The third-order valence-corrected chi connectivity index (χ3v) is 2.58. The molecule has 2 aromatic heterocycles. The van der Waals surface area contributed by atoms with Crippen molar-refractivity contribution in [1.82, 2.24) is 9.38 Å². The minimum atomic E-state index is -1.01. The molecule has 0 bridgehead atoms. The van der Waals surface area contributed by atoms with Crippen molar-refractivity contribution in [3.05, 3.63) is 39.7 Å². The number of alkyl halides is 2. The van der Waals surface area contributed by atoms with Gasteiger partial charge in [0.15, 0.2) is 10.5 Å². The summed E-state index contributed by atoms with van der Waals surface area (Å²) in [6.07, 6.45) is 1.58. The van der Waals surface area contributed by atoms with Gasteiger partial charge in [0.1, 0.15) is 0 Å². The Kier molecular flexibility index (Phi) is 2.73. The minimum absolute atomic E-state index is 0.0685. The zero-order valence-corrected chi connectivity index (χ0v) is 9.74. The molecule has 0 atom stereocenters. The average Bonchev–Trinajstić information content (AvgIpc) is 2.55. The van der Waals surface area contributed by atoms with E-state index in [1.807, 2.05) is 6.92 Å². The number of imidazole rings is 1. The zero-order valence-electron chi connectivity index (χ0n) is 8.22. The summed E-state index contributed by atoms with van der Waals surface area (Å²) in [4.78, 5) is 13.4. The Morgan fingerprint density at radius 3 is 2.81 bits per heavy atom. The number of halogens is 2. The predicted molar refractivity (Wildman–Crippen MR) is 61.0 cm³/mol. The first-order valence-electron chi connectivity index (χ1n) is 4.42. The van der Waals surface area contributed by atoms with E-state index in [4.69, 9.17) is 23.2 Å². The summed E-state index contributed by atoms with van der Waals surface area (Å²) in [5, 5.41) is 10.9. The van der Waals surface area contributed by atoms with Crippen molar-refractivity contribution in [3.63, 3.8) is 0 Å². The highest BCUT2D eigenvalue weighted by atomic mass is 35.5. The van der Waals surface area contributed by atoms with E-state index in [1.165, 1.54) is 4.40 Å². The molecule has 7 heteroatoms. The van der Waals surface area contributed by atoms with Crippen molar-refractivity contribution < 1.29 is 4.92 Å². The number of nitrogens with zero attached hydrogens (tertiary/aromatic N) is 3. The molecule has 0 amide bonds. The van der Waals surface area contributed by atoms with Gasteiger partial charge in [0.05, 0.1) is 6.20 Å². The largest absolute Gasteiger partial charge is 0.358 e. The smallest absolute Gasteiger partial charge is 0.353 e. The van der Waals surface area contributed by atoms with Gasteiger partial charge in [-0.3, -0.25) is 0 Å². The third-order valence-electron chi connectivity index (χ3n) is 2.16. The Hall–Kier alpha value is -1.33. The Balaban J connectivity index is 2.81. The number of aryl methyl sites for hydroxylation is 1. The molecule has 0 aromatic carbocycles. The number of hydrogen-bond donors (Lipinski definition) is 0. The second-order valence-corrected chi connectivity index (χ2v) is 4.41. The maximum Gasteiger partial charge on any atom is 0.353 e. The SMILES string of the molecule is Cc1ccn2c([N+](=O)[O-])c(C(Cl)Cl)nc2c1. The molecule has 0 fully saturated rings. The number of rotatable bonds is 2. The lowest BCUT2D eigenvalue weighted by Gasteiger charge is -1.97. The lowest BCUT2D eigenvalue weighted by Crippen LogP contribution is -1.97. The Morgan fingerprint density at radius 1 is 1.56 bits per heavy atom. The van der Waals surface area contributed by atoms with E-state index < -0.39 is 9.76 Å². The molecule has 0 radical (unpaired) electrons. The molecule has 5 nitrogen and oxygen atoms in total. The normalized spacial score (nSPS) is 11.2. The highest BCUT2D eigenvalue weighted by Crippen LogP contribution is 2.32. The highest BCUT2D eigenvalue weighted by Gasteiger charge is 2.26. The molecule has 2 aromatic rings. The van der Waals surface area contributed by atoms with Gasteiger partial charge < -0.3 is 10.1 Å². The van der Waals surface area contributed by atoms with Crippen LogP contribution in [0.5, 0.6) is 0 Å². The Labute approximate surface area is 101 Å². The van der Waals surface area contributed by atoms with Crippen molar-refractivity contribution in [2.45, 2.75) is 11.8 Å². The van der Waals surface area contributed by atoms with Crippen LogP contribution >= 0.6 is 23.2 Å². The van der Waals surface area contributed by atoms with Gasteiger partial charge in [-0.25, -0.2) is 4.98 Å². The van der Waals surface area contributed by atoms with Gasteiger partial charge in [-0.05, 0) is 23.5 Å². The predicted octanol–water partition coefficient (Wildman–Crippen LogP) is 3.03. The van der Waals surface area contributed by atoms with Crippen LogP contribution in [-0.4, -0.2) is 14.3 Å². The first kappa shape index (κ1) is 11.2. The van der Waals surface area contributed by atoms with E-state index in [-0.39, 0.29) is 11.5 Å². The maximum absolute atomic E-state index is 10.9. The van der Waals surface area contributed by atoms with Crippen molar-refractivity contribution in [1.29, 1.82) is 0 Å². The Bertz CT molecular complexity index is 565. The van der Waals surface area contributed by atoms with Gasteiger partial charge in [-0.1, -0.05) is 23.2 Å². The van der Waals surface area contributed by atoms with E-state index in [0.717, 1.165) is 5.56 Å². The van der Waals surface area contributed by atoms with Crippen LogP contribution < -0.4 is 0 Å². The topological polar surface area (TPSA) is 60.4 Å². The summed E-state index contributed by atoms with van der Waals surface area (Å²) in [6.45, 7) is 1.87. The molecule has 0 aliphatic rings. The minimum Gasteiger partial charge on any atom is -0.358 e. The van der Waals surface area contributed by atoms with Gasteiger partial charge in [-0.2, -0.15) is 4.40 Å². The van der Waals surface area contributed by atoms with Gasteiger partial charge in [0.2, 0.25) is 5.65 Å². The standard InChI is InChI=1S/C9H7Cl2N3O2/c1-5-2-3-13-6(4-5)12-7(8(10)11)9(13)14(15)16/h2-4,8H,1H3. The van der Waals surface area contributed by atoms with E-state index in [0.29, 0.717) is 5.65 Å². The summed E-state index contributed by atoms with van der Waals surface area (Å²) < 4.78 is 1.36. The molecule has 0 saturated carbocycles. The second kappa shape index (κ2) is 3.92. The van der Waals surface area contributed by atoms with Crippen LogP contribution in [0.2, 0.25) is 0 Å². The fraction of sp³-hybridized carbons (Fsp3) is 0.222. The quantitative estimate of drug-likeness (QED) is 0.473. The number of fused-ring (bicyclic) bond motifs is 1. The van der Waals surface area contributed by atoms with E-state index >= 15 is 0 Å². The molecule has 0 saturated heterocycles. The summed E-state index contributed by atoms with van der Waals surface area (Å²) in [5.74, 6) is -0.190. The first-order valence-corrected chi connectivity index (χ1v) is 5.29. The lowest BCUT2D eigenvalue weighted by atomic mass is 10.3. The molecule has 0 aliphatic carbocycles. The van der Waals surface area contributed by atoms with Crippen molar-refractivity contribution in [3.8, 4) is 0 Å². The molecule has 2 heterocycles. The van der Waals surface area contributed by atoms with E-state index in [9.17, 15) is 10.1 Å². The van der Waals surface area contributed by atoms with Crippen LogP contribution in [-0.2, 0) is 0 Å². The fourth-order valence-corrected chi connectivity index (χ4v) is 1.77. The van der Waals surface area contributed by atoms with Crippen molar-refractivity contribution in [2.75, 3.05) is 0 Å². The number of hydrogen-bond acceptors (Lipinski definition) is 3. The number of pyridine rings is 1. The van der Waals surface area contributed by atoms with E-state index in [2.05, 4.69) is 4.98 Å². The molecule has 84 valence electrons. The van der Waals surface area contributed by atoms with Crippen molar-refractivity contribution in [2.24, 2.45) is 0 Å². The summed E-state index contributed by atoms with van der Waals surface area (Å²) >= 11 is 11.3. The van der Waals surface area contributed by atoms with E-state index in [1.54, 1.807) is 18.3 Å². The highest BCUT2D eigenvalue weighted by molar-refractivity contribution is 6.44. The lowest BCUT2D eigenvalue weighted by molar-refractivity contribution is -0.391. The summed E-state index contributed by atoms with van der Waals surface area (Å²) in [6, 6.07) is 3.48.